The van der Waals surface area contributed by atoms with Gasteiger partial charge in [-0.05, 0) is 25.8 Å². The topological polar surface area (TPSA) is 52.6 Å². The van der Waals surface area contributed by atoms with Crippen LogP contribution in [0.15, 0.2) is 24.0 Å². The van der Waals surface area contributed by atoms with Gasteiger partial charge in [0.25, 0.3) is 0 Å². The minimum absolute atomic E-state index is 0.199. The zero-order chi connectivity index (χ0) is 17.6. The molecule has 1 heterocycles. The highest BCUT2D eigenvalue weighted by Crippen LogP contribution is 2.15. The first kappa shape index (κ1) is 20.5. The molecule has 0 aromatic heterocycles. The zero-order valence-corrected chi connectivity index (χ0v) is 15.2. The third-order valence-electron chi connectivity index (χ3n) is 4.14. The van der Waals surface area contributed by atoms with Crippen LogP contribution in [0.2, 0.25) is 0 Å². The molecule has 0 radical (unpaired) electrons. The number of rotatable bonds is 1. The standard InChI is InChI=1S/C20H32O4/c1-17-13-12-15-19(24-18(2)21)14-10-8-6-4-3-5-7-9-11-16-23-20(17)22/h12-13,15,17H,3-11,14,16H2,1-2H3/b13-12-,19-15+. The van der Waals surface area contributed by atoms with Crippen molar-refractivity contribution in [1.29, 1.82) is 0 Å². The van der Waals surface area contributed by atoms with Crippen LogP contribution in [0.1, 0.15) is 78.1 Å². The van der Waals surface area contributed by atoms with Crippen molar-refractivity contribution in [1.82, 2.24) is 0 Å². The molecular weight excluding hydrogens is 304 g/mol. The molecule has 4 nitrogen and oxygen atoms in total. The molecule has 0 N–H and O–H groups in total. The number of carbonyl (C=O) groups excluding carboxylic acids is 2. The molecule has 136 valence electrons. The lowest BCUT2D eigenvalue weighted by molar-refractivity contribution is -0.146. The minimum atomic E-state index is -0.302. The largest absolute Gasteiger partial charge is 0.465 e. The Bertz CT molecular complexity index is 437. The monoisotopic (exact) mass is 336 g/mol. The van der Waals surface area contributed by atoms with Crippen molar-refractivity contribution in [3.8, 4) is 0 Å². The van der Waals surface area contributed by atoms with E-state index in [9.17, 15) is 9.59 Å². The van der Waals surface area contributed by atoms with Gasteiger partial charge in [-0.15, -0.1) is 0 Å². The number of cyclic esters (lactones) is 1. The summed E-state index contributed by atoms with van der Waals surface area (Å²) in [5, 5.41) is 0. The van der Waals surface area contributed by atoms with Crippen LogP contribution in [0.4, 0.5) is 0 Å². The normalized spacial score (nSPS) is 26.2. The molecule has 4 heteroatoms. The summed E-state index contributed by atoms with van der Waals surface area (Å²) in [6.45, 7) is 3.73. The molecule has 0 spiro atoms. The first-order valence-electron chi connectivity index (χ1n) is 9.32. The van der Waals surface area contributed by atoms with E-state index < -0.39 is 0 Å². The van der Waals surface area contributed by atoms with Gasteiger partial charge in [-0.3, -0.25) is 9.59 Å². The molecule has 24 heavy (non-hydrogen) atoms. The second-order valence-corrected chi connectivity index (χ2v) is 6.50. The van der Waals surface area contributed by atoms with Gasteiger partial charge in [0, 0.05) is 13.3 Å². The summed E-state index contributed by atoms with van der Waals surface area (Å²) in [6.07, 6.45) is 16.6. The van der Waals surface area contributed by atoms with Crippen molar-refractivity contribution >= 4 is 11.9 Å². The van der Waals surface area contributed by atoms with Crippen LogP contribution in [-0.4, -0.2) is 18.5 Å². The lowest BCUT2D eigenvalue weighted by atomic mass is 10.1. The number of carbonyl (C=O) groups is 2. The summed E-state index contributed by atoms with van der Waals surface area (Å²) < 4.78 is 10.5. The molecule has 0 aromatic carbocycles. The number of hydrogen-bond acceptors (Lipinski definition) is 4. The number of hydrogen-bond donors (Lipinski definition) is 0. The second-order valence-electron chi connectivity index (χ2n) is 6.50. The fourth-order valence-corrected chi connectivity index (χ4v) is 2.70. The molecule has 0 saturated heterocycles. The number of allylic oxidation sites excluding steroid dienone is 3. The molecule has 0 aliphatic carbocycles. The van der Waals surface area contributed by atoms with Crippen molar-refractivity contribution in [2.45, 2.75) is 78.1 Å². The molecule has 0 fully saturated rings. The van der Waals surface area contributed by atoms with Crippen LogP contribution < -0.4 is 0 Å². The Hall–Kier alpha value is -1.58. The summed E-state index contributed by atoms with van der Waals surface area (Å²) in [4.78, 5) is 23.1. The number of esters is 2. The van der Waals surface area contributed by atoms with Crippen LogP contribution in [0.5, 0.6) is 0 Å². The Labute approximate surface area is 146 Å². The smallest absolute Gasteiger partial charge is 0.312 e. The van der Waals surface area contributed by atoms with Crippen LogP contribution in [0.25, 0.3) is 0 Å². The maximum absolute atomic E-state index is 11.9. The van der Waals surface area contributed by atoms with Gasteiger partial charge >= 0.3 is 11.9 Å². The molecular formula is C20H32O4. The Balaban J connectivity index is 2.62. The van der Waals surface area contributed by atoms with Gasteiger partial charge in [0.15, 0.2) is 0 Å². The quantitative estimate of drug-likeness (QED) is 0.626. The van der Waals surface area contributed by atoms with E-state index in [2.05, 4.69) is 0 Å². The average molecular weight is 336 g/mol. The van der Waals surface area contributed by atoms with E-state index in [0.717, 1.165) is 32.1 Å². The first-order valence-corrected chi connectivity index (χ1v) is 9.32. The van der Waals surface area contributed by atoms with E-state index in [4.69, 9.17) is 9.47 Å². The Kier molecular flexibility index (Phi) is 10.9. The summed E-state index contributed by atoms with van der Waals surface area (Å²) >= 11 is 0. The Morgan fingerprint density at radius 3 is 2.25 bits per heavy atom. The molecule has 0 amide bonds. The maximum Gasteiger partial charge on any atom is 0.312 e. The molecule has 0 bridgehead atoms. The van der Waals surface area contributed by atoms with E-state index in [0.29, 0.717) is 12.4 Å². The lowest BCUT2D eigenvalue weighted by Crippen LogP contribution is -2.13. The van der Waals surface area contributed by atoms with E-state index in [1.54, 1.807) is 18.2 Å². The van der Waals surface area contributed by atoms with Gasteiger partial charge < -0.3 is 9.47 Å². The molecule has 0 aromatic rings. The highest BCUT2D eigenvalue weighted by atomic mass is 16.5. The van der Waals surface area contributed by atoms with Crippen molar-refractivity contribution < 1.29 is 19.1 Å². The third-order valence-corrected chi connectivity index (χ3v) is 4.14. The van der Waals surface area contributed by atoms with E-state index in [1.807, 2.05) is 6.92 Å². The van der Waals surface area contributed by atoms with E-state index in [-0.39, 0.29) is 17.9 Å². The molecule has 0 saturated carbocycles. The highest BCUT2D eigenvalue weighted by Gasteiger charge is 2.10. The second kappa shape index (κ2) is 12.8. The molecule has 1 unspecified atom stereocenters. The maximum atomic E-state index is 11.9. The predicted molar refractivity (Wildman–Crippen MR) is 95.3 cm³/mol. The molecule has 1 atom stereocenters. The molecule has 1 aliphatic rings. The highest BCUT2D eigenvalue weighted by molar-refractivity contribution is 5.74. The minimum Gasteiger partial charge on any atom is -0.465 e. The average Bonchev–Trinajstić information content (AvgIpc) is 2.53. The summed E-state index contributed by atoms with van der Waals surface area (Å²) in [6, 6.07) is 0. The van der Waals surface area contributed by atoms with Gasteiger partial charge in [-0.25, -0.2) is 0 Å². The van der Waals surface area contributed by atoms with Gasteiger partial charge in [0.05, 0.1) is 12.5 Å². The third kappa shape index (κ3) is 10.2. The first-order chi connectivity index (χ1) is 11.6. The van der Waals surface area contributed by atoms with Crippen LogP contribution in [0.3, 0.4) is 0 Å². The molecule has 1 rings (SSSR count). The van der Waals surface area contributed by atoms with E-state index in [1.165, 1.54) is 39.0 Å². The van der Waals surface area contributed by atoms with E-state index >= 15 is 0 Å². The van der Waals surface area contributed by atoms with Gasteiger partial charge in [-0.2, -0.15) is 0 Å². The van der Waals surface area contributed by atoms with Crippen LogP contribution >= 0.6 is 0 Å². The van der Waals surface area contributed by atoms with Gasteiger partial charge in [0.2, 0.25) is 0 Å². The zero-order valence-electron chi connectivity index (χ0n) is 15.2. The Morgan fingerprint density at radius 1 is 1.04 bits per heavy atom. The number of ether oxygens (including phenoxy) is 2. The van der Waals surface area contributed by atoms with Crippen molar-refractivity contribution in [2.24, 2.45) is 5.92 Å². The van der Waals surface area contributed by atoms with Crippen LogP contribution in [0, 0.1) is 5.92 Å². The van der Waals surface area contributed by atoms with Gasteiger partial charge in [0.1, 0.15) is 5.76 Å². The summed E-state index contributed by atoms with van der Waals surface area (Å²) in [5.74, 6) is -0.127. The van der Waals surface area contributed by atoms with Crippen molar-refractivity contribution in [2.75, 3.05) is 6.61 Å². The fourth-order valence-electron chi connectivity index (χ4n) is 2.70. The van der Waals surface area contributed by atoms with Crippen molar-refractivity contribution in [3.05, 3.63) is 24.0 Å². The SMILES string of the molecule is CC(=O)O/C1=C/C=C\C(C)C(=O)OCCCCCCCCCCC1. The van der Waals surface area contributed by atoms with Crippen LogP contribution in [-0.2, 0) is 19.1 Å². The summed E-state index contributed by atoms with van der Waals surface area (Å²) in [7, 11) is 0. The fraction of sp³-hybridized carbons (Fsp3) is 0.700. The van der Waals surface area contributed by atoms with Crippen molar-refractivity contribution in [3.63, 3.8) is 0 Å². The predicted octanol–water partition coefficient (Wildman–Crippen LogP) is 5.08. The lowest BCUT2D eigenvalue weighted by Gasteiger charge is -2.09. The molecule has 1 aliphatic heterocycles. The van der Waals surface area contributed by atoms with Gasteiger partial charge in [-0.1, -0.05) is 57.1 Å². The Morgan fingerprint density at radius 2 is 1.62 bits per heavy atom. The summed E-state index contributed by atoms with van der Waals surface area (Å²) in [5.41, 5.74) is 0.